The molecular weight excluding hydrogens is 904 g/mol. The fourth-order valence-corrected chi connectivity index (χ4v) is 7.98. The highest BCUT2D eigenvalue weighted by Crippen LogP contribution is 2.36. The number of aromatic hydroxyl groups is 1. The number of ether oxygens (including phenoxy) is 10. The molecule has 4 fully saturated rings. The lowest BCUT2D eigenvalue weighted by molar-refractivity contribution is -0.387. The molecule has 4 aliphatic rings. The molecule has 3 aromatic rings. The van der Waals surface area contributed by atoms with Crippen LogP contribution in [0.1, 0.15) is 13.8 Å². The summed E-state index contributed by atoms with van der Waals surface area (Å²) in [5, 5.41) is 129. The topological polar surface area (TPSA) is 382 Å². The maximum absolute atomic E-state index is 13.0. The average Bonchev–Trinajstić information content (AvgIpc) is 3.30. The standard InChI is InChI=1S/C42H54O25/c1-14-27(47)32(52)38(67-41-35(55)31(51)28(48)24(65-41)12-58-15(2)44)42(60-14)66-37-23(11-43)63-39(36(56)33(37)53)59-13-25-29(49)30(50)34(54)40(64-25)61-18-8-19(45)26-20(46)10-21(62-22(26)9-18)16-4-6-17(57-3)7-5-16/h4-10,14,23-25,27-43,45,47-56H,11-13H2,1-3H3. The van der Waals surface area contributed by atoms with Crippen LogP contribution >= 0.6 is 0 Å². The van der Waals surface area contributed by atoms with Gasteiger partial charge in [0.2, 0.25) is 6.29 Å². The Balaban J connectivity index is 1.02. The number of hydrogen-bond acceptors (Lipinski definition) is 25. The first-order valence-electron chi connectivity index (χ1n) is 21.0. The summed E-state index contributed by atoms with van der Waals surface area (Å²) >= 11 is 0. The molecule has 372 valence electrons. The second-order valence-corrected chi connectivity index (χ2v) is 16.4. The predicted octanol–water partition coefficient (Wildman–Crippen LogP) is -4.58. The number of hydrogen-bond donors (Lipinski definition) is 12. The molecule has 20 atom stereocenters. The molecule has 2 aromatic carbocycles. The third-order valence-corrected chi connectivity index (χ3v) is 11.8. The molecule has 0 saturated carbocycles. The van der Waals surface area contributed by atoms with Gasteiger partial charge < -0.3 is 113 Å². The fraction of sp³-hybridized carbons (Fsp3) is 0.619. The van der Waals surface area contributed by atoms with Crippen molar-refractivity contribution in [3.8, 4) is 28.6 Å². The lowest BCUT2D eigenvalue weighted by atomic mass is 9.96. The molecule has 25 heteroatoms. The molecule has 0 amide bonds. The molecule has 0 aliphatic carbocycles. The minimum absolute atomic E-state index is 0.119. The molecule has 0 radical (unpaired) electrons. The molecule has 0 spiro atoms. The van der Waals surface area contributed by atoms with E-state index in [1.165, 1.54) is 26.2 Å². The van der Waals surface area contributed by atoms with Gasteiger partial charge in [0.25, 0.3) is 0 Å². The van der Waals surface area contributed by atoms with Crippen molar-refractivity contribution in [3.63, 3.8) is 0 Å². The largest absolute Gasteiger partial charge is 0.507 e. The van der Waals surface area contributed by atoms with Gasteiger partial charge in [-0.15, -0.1) is 0 Å². The first-order valence-corrected chi connectivity index (χ1v) is 21.0. The molecule has 1 aromatic heterocycles. The van der Waals surface area contributed by atoms with Crippen LogP contribution < -0.4 is 14.9 Å². The number of aliphatic hydroxyl groups excluding tert-OH is 11. The zero-order valence-electron chi connectivity index (χ0n) is 35.9. The molecule has 20 unspecified atom stereocenters. The average molecular weight is 959 g/mol. The summed E-state index contributed by atoms with van der Waals surface area (Å²) in [6, 6.07) is 10.0. The van der Waals surface area contributed by atoms with Crippen LogP contribution in [0.2, 0.25) is 0 Å². The minimum Gasteiger partial charge on any atom is -0.507 e. The van der Waals surface area contributed by atoms with E-state index in [1.807, 2.05) is 0 Å². The number of benzene rings is 2. The lowest BCUT2D eigenvalue weighted by Crippen LogP contribution is -2.66. The van der Waals surface area contributed by atoms with E-state index in [0.29, 0.717) is 11.3 Å². The van der Waals surface area contributed by atoms with Gasteiger partial charge in [-0.3, -0.25) is 9.59 Å². The summed E-state index contributed by atoms with van der Waals surface area (Å²) in [7, 11) is 1.49. The van der Waals surface area contributed by atoms with Gasteiger partial charge in [-0.2, -0.15) is 0 Å². The fourth-order valence-electron chi connectivity index (χ4n) is 7.98. The third kappa shape index (κ3) is 10.7. The van der Waals surface area contributed by atoms with Gasteiger partial charge in [0, 0.05) is 30.7 Å². The van der Waals surface area contributed by atoms with Crippen LogP contribution in [-0.4, -0.2) is 217 Å². The normalized spacial score (nSPS) is 39.2. The third-order valence-electron chi connectivity index (χ3n) is 11.8. The van der Waals surface area contributed by atoms with E-state index in [9.17, 15) is 70.9 Å². The highest BCUT2D eigenvalue weighted by molar-refractivity contribution is 5.86. The molecule has 7 rings (SSSR count). The monoisotopic (exact) mass is 958 g/mol. The maximum atomic E-state index is 13.0. The van der Waals surface area contributed by atoms with Crippen LogP contribution in [0, 0.1) is 0 Å². The molecule has 25 nitrogen and oxygen atoms in total. The van der Waals surface area contributed by atoms with E-state index in [4.69, 9.17) is 51.8 Å². The highest BCUT2D eigenvalue weighted by Gasteiger charge is 2.54. The van der Waals surface area contributed by atoms with Gasteiger partial charge >= 0.3 is 5.97 Å². The number of carbonyl (C=O) groups excluding carboxylic acids is 1. The van der Waals surface area contributed by atoms with Crippen molar-refractivity contribution < 1.29 is 118 Å². The number of phenols is 1. The van der Waals surface area contributed by atoms with Crippen LogP contribution in [0.25, 0.3) is 22.3 Å². The summed E-state index contributed by atoms with van der Waals surface area (Å²) in [6.45, 7) is 0.203. The molecular formula is C42H54O25. The molecule has 12 N–H and O–H groups in total. The van der Waals surface area contributed by atoms with Gasteiger partial charge in [0.05, 0.1) is 26.4 Å². The Morgan fingerprint density at radius 2 is 1.21 bits per heavy atom. The quantitative estimate of drug-likeness (QED) is 0.0677. The van der Waals surface area contributed by atoms with Crippen LogP contribution in [0.3, 0.4) is 0 Å². The molecule has 0 bridgehead atoms. The van der Waals surface area contributed by atoms with Gasteiger partial charge in [0.1, 0.15) is 132 Å². The van der Waals surface area contributed by atoms with E-state index in [1.54, 1.807) is 24.3 Å². The van der Waals surface area contributed by atoms with Crippen LogP contribution in [0.15, 0.2) is 51.7 Å². The summed E-state index contributed by atoms with van der Waals surface area (Å²) in [4.78, 5) is 24.4. The summed E-state index contributed by atoms with van der Waals surface area (Å²) in [5.41, 5.74) is -0.204. The number of esters is 1. The number of methoxy groups -OCH3 is 1. The number of fused-ring (bicyclic) bond motifs is 1. The van der Waals surface area contributed by atoms with Crippen molar-refractivity contribution in [3.05, 3.63) is 52.7 Å². The van der Waals surface area contributed by atoms with Gasteiger partial charge in [-0.05, 0) is 31.2 Å². The number of rotatable bonds is 14. The Morgan fingerprint density at radius 1 is 0.627 bits per heavy atom. The van der Waals surface area contributed by atoms with Gasteiger partial charge in [-0.25, -0.2) is 0 Å². The second kappa shape index (κ2) is 21.2. The van der Waals surface area contributed by atoms with Crippen LogP contribution in [0.5, 0.6) is 17.2 Å². The van der Waals surface area contributed by atoms with E-state index >= 15 is 0 Å². The summed E-state index contributed by atoms with van der Waals surface area (Å²) < 4.78 is 61.7. The van der Waals surface area contributed by atoms with Gasteiger partial charge in [-0.1, -0.05) is 0 Å². The zero-order chi connectivity index (χ0) is 48.6. The van der Waals surface area contributed by atoms with Crippen molar-refractivity contribution in [1.82, 2.24) is 0 Å². The molecule has 5 heterocycles. The minimum atomic E-state index is -2.01. The first kappa shape index (κ1) is 50.7. The van der Waals surface area contributed by atoms with Crippen molar-refractivity contribution in [1.29, 1.82) is 0 Å². The Morgan fingerprint density at radius 3 is 1.85 bits per heavy atom. The molecule has 4 saturated heterocycles. The van der Waals surface area contributed by atoms with Crippen molar-refractivity contribution in [2.75, 3.05) is 26.9 Å². The Labute approximate surface area is 379 Å². The van der Waals surface area contributed by atoms with Gasteiger partial charge in [0.15, 0.2) is 24.3 Å². The number of carbonyl (C=O) groups is 1. The number of aliphatic hydroxyl groups is 11. The SMILES string of the molecule is COc1ccc(-c2cc(=O)c3c(O)cc(OC4OC(COC5OC(CO)C(OC6OC(C)C(O)C(O)C6OC6OC(COC(C)=O)C(O)C(O)C6O)C(O)C5O)C(O)C(O)C4O)cc3o2)cc1. The first-order chi connectivity index (χ1) is 31.8. The van der Waals surface area contributed by atoms with Crippen molar-refractivity contribution >= 4 is 16.9 Å². The van der Waals surface area contributed by atoms with Crippen molar-refractivity contribution in [2.45, 2.75) is 137 Å². The molecule has 4 aliphatic heterocycles. The van der Waals surface area contributed by atoms with E-state index < -0.39 is 160 Å². The summed E-state index contributed by atoms with van der Waals surface area (Å²) in [6.07, 6.45) is -35.3. The van der Waals surface area contributed by atoms with E-state index in [0.717, 1.165) is 13.0 Å². The van der Waals surface area contributed by atoms with E-state index in [2.05, 4.69) is 0 Å². The van der Waals surface area contributed by atoms with Crippen LogP contribution in [0.4, 0.5) is 0 Å². The maximum Gasteiger partial charge on any atom is 0.302 e. The smallest absolute Gasteiger partial charge is 0.302 e. The van der Waals surface area contributed by atoms with Crippen molar-refractivity contribution in [2.24, 2.45) is 0 Å². The number of phenolic OH excluding ortho intramolecular Hbond substituents is 1. The highest BCUT2D eigenvalue weighted by atomic mass is 16.8. The Bertz CT molecular complexity index is 2190. The molecule has 67 heavy (non-hydrogen) atoms. The Kier molecular flexibility index (Phi) is 16.0. The van der Waals surface area contributed by atoms with Crippen LogP contribution in [-0.2, 0) is 42.7 Å². The lowest BCUT2D eigenvalue weighted by Gasteiger charge is -2.48. The summed E-state index contributed by atoms with van der Waals surface area (Å²) in [5.74, 6) is -0.823. The Hall–Kier alpha value is -4.20. The zero-order valence-corrected chi connectivity index (χ0v) is 35.9. The predicted molar refractivity (Wildman–Crippen MR) is 217 cm³/mol. The second-order valence-electron chi connectivity index (χ2n) is 16.4. The van der Waals surface area contributed by atoms with E-state index in [-0.39, 0.29) is 22.5 Å².